The predicted molar refractivity (Wildman–Crippen MR) is 300 cm³/mol. The SMILES string of the molecule is C.CNCC(OC(C(=O)O)C(CNC)OC)OC1C(O)C(CO)OC(C)C1NC(C)=O.COC(C=O)C(OC(C=O)OC1C(O)C(CO)OC(C)C1NC(C)=O)C(=O)O.COC1C(C(=O)O)OC(OC2C(O)C(CO)OC(C)C2NC(C)=O)C(O)C1O.[B].[C-]#N.[Na+]. The van der Waals surface area contributed by atoms with Gasteiger partial charge in [0.1, 0.15) is 85.5 Å². The number of amides is 3. The average Bonchev–Trinajstić information content (AvgIpc) is 1.68. The van der Waals surface area contributed by atoms with E-state index in [0.717, 1.165) is 14.2 Å². The fourth-order valence-corrected chi connectivity index (χ4v) is 9.59. The molecule has 0 saturated carbocycles. The van der Waals surface area contributed by atoms with Gasteiger partial charge in [-0.2, -0.15) is 0 Å². The predicted octanol–water partition coefficient (Wildman–Crippen LogP) is -11.6. The molecule has 0 bridgehead atoms. The molecule has 4 rings (SSSR count). The number of likely N-dealkylation sites (N-methyl/N-ethyl adjacent to an activating group) is 2. The Morgan fingerprint density at radius 2 is 0.978 bits per heavy atom. The van der Waals surface area contributed by atoms with Gasteiger partial charge in [0.2, 0.25) is 24.0 Å². The molecule has 0 spiro atoms. The quantitative estimate of drug-likeness (QED) is 0.0137. The minimum absolute atomic E-state index is 0. The Kier molecular flexibility index (Phi) is 46.1. The second kappa shape index (κ2) is 46.0. The third kappa shape index (κ3) is 26.9. The molecule has 39 heteroatoms. The number of aliphatic carboxylic acids is 3. The van der Waals surface area contributed by atoms with Crippen molar-refractivity contribution in [1.29, 1.82) is 5.26 Å². The first-order valence-corrected chi connectivity index (χ1v) is 27.1. The molecule has 0 aromatic rings. The number of nitrogens with zero attached hydrogens (tertiary/aromatic N) is 1. The van der Waals surface area contributed by atoms with Crippen LogP contribution in [0.4, 0.5) is 0 Å². The van der Waals surface area contributed by atoms with Gasteiger partial charge in [-0.1, -0.05) is 7.43 Å². The number of aldehydes is 2. The molecule has 0 aromatic carbocycles. The van der Waals surface area contributed by atoms with Crippen LogP contribution in [0.15, 0.2) is 0 Å². The molecule has 16 N–H and O–H groups in total. The number of hydrogen-bond acceptors (Lipinski definition) is 31. The van der Waals surface area contributed by atoms with Crippen LogP contribution in [-0.2, 0) is 95.2 Å². The van der Waals surface area contributed by atoms with Crippen LogP contribution in [0.3, 0.4) is 0 Å². The molecule has 26 atom stereocenters. The molecule has 26 unspecified atom stereocenters. The number of carbonyl (C=O) groups excluding carboxylic acids is 5. The number of rotatable bonds is 30. The van der Waals surface area contributed by atoms with E-state index in [0.29, 0.717) is 0 Å². The molecule has 519 valence electrons. The zero-order chi connectivity index (χ0) is 67.4. The molecule has 37 nitrogen and oxygen atoms in total. The molecule has 91 heavy (non-hydrogen) atoms. The van der Waals surface area contributed by atoms with Crippen LogP contribution >= 0.6 is 0 Å². The Bertz CT molecular complexity index is 2180. The molecule has 0 aliphatic carbocycles. The average molecular weight is 1330 g/mol. The van der Waals surface area contributed by atoms with E-state index >= 15 is 0 Å². The van der Waals surface area contributed by atoms with E-state index in [1.54, 1.807) is 34.9 Å². The van der Waals surface area contributed by atoms with E-state index < -0.39 is 209 Å². The van der Waals surface area contributed by atoms with Crippen molar-refractivity contribution in [2.45, 2.75) is 208 Å². The van der Waals surface area contributed by atoms with Gasteiger partial charge < -0.3 is 156 Å². The second-order valence-corrected chi connectivity index (χ2v) is 20.0. The van der Waals surface area contributed by atoms with Crippen molar-refractivity contribution in [3.63, 3.8) is 0 Å². The molecule has 4 saturated heterocycles. The van der Waals surface area contributed by atoms with Gasteiger partial charge in [-0.3, -0.25) is 19.2 Å². The first-order valence-electron chi connectivity index (χ1n) is 27.1. The smallest absolute Gasteiger partial charge is 0.512 e. The maximum absolute atomic E-state index is 11.8. The van der Waals surface area contributed by atoms with E-state index in [2.05, 4.69) is 26.6 Å². The molecule has 3 amide bonds. The van der Waals surface area contributed by atoms with Crippen molar-refractivity contribution >= 4 is 56.6 Å². The monoisotopic (exact) mass is 1330 g/mol. The molecule has 0 aromatic heterocycles. The summed E-state index contributed by atoms with van der Waals surface area (Å²) in [7, 11) is 6.89. The Morgan fingerprint density at radius 3 is 1.31 bits per heavy atom. The van der Waals surface area contributed by atoms with E-state index in [4.69, 9.17) is 68.7 Å². The number of aliphatic hydroxyl groups is 8. The van der Waals surface area contributed by atoms with Crippen LogP contribution in [0.5, 0.6) is 0 Å². The van der Waals surface area contributed by atoms with Gasteiger partial charge >= 0.3 is 47.5 Å². The molecule has 4 fully saturated rings. The van der Waals surface area contributed by atoms with Crippen molar-refractivity contribution in [3.8, 4) is 0 Å². The Labute approximate surface area is 550 Å². The van der Waals surface area contributed by atoms with E-state index in [-0.39, 0.29) is 77.0 Å². The van der Waals surface area contributed by atoms with Gasteiger partial charge in [-0.25, -0.2) is 14.4 Å². The fraction of sp³-hybridized carbons (Fsp3) is 0.827. The Morgan fingerprint density at radius 1 is 0.571 bits per heavy atom. The van der Waals surface area contributed by atoms with Gasteiger partial charge in [-0.15, -0.1) is 0 Å². The largest absolute Gasteiger partial charge is 1.00 e. The standard InChI is InChI=1S/C18H35N3O9.C16H27NO11.C16H25NO11.CN.CH4.B.Na/c1-9-14(21-10(2)23)17(15(24)12(8-22)28-9)30-13(7-20-4)29-16(18(25)26)11(27-5)6-19-3;1-5-8(17-6(2)19)12(9(20)7(4-18)26-5)27-16-11(22)10(21)13(25-3)14(28-16)15(23)24;1-7-12(17-8(2)21)15(13(22)9(4-18)26-7)28-11(6-20)27-14(16(23)24)10(5-19)25-3;1-2;;;/h9,11-17,19-20,22,24H,6-8H2,1-5H3,(H,21,23)(H,25,26);5,7-14,16,18,20-22H,4H2,1-3H3,(H,17,19)(H,23,24);5-7,9-15,18,22H,4H2,1-3H3,(H,17,21)(H,23,24);;1H4;;/q;;;-1;;;+1. The van der Waals surface area contributed by atoms with E-state index in [1.165, 1.54) is 27.9 Å². The summed E-state index contributed by atoms with van der Waals surface area (Å²) in [6.45, 7) is 12.1. The van der Waals surface area contributed by atoms with Crippen molar-refractivity contribution < 1.29 is 181 Å². The van der Waals surface area contributed by atoms with E-state index in [1.807, 2.05) is 0 Å². The summed E-state index contributed by atoms with van der Waals surface area (Å²) >= 11 is 0. The summed E-state index contributed by atoms with van der Waals surface area (Å²) in [5.41, 5.74) is 0. The number of carbonyl (C=O) groups is 8. The van der Waals surface area contributed by atoms with Crippen LogP contribution in [0.25, 0.3) is 0 Å². The number of nitrogens with one attached hydrogen (secondary N) is 5. The molecule has 4 aliphatic rings. The van der Waals surface area contributed by atoms with Crippen LogP contribution in [0.1, 0.15) is 49.0 Å². The molecule has 4 aliphatic heterocycles. The van der Waals surface area contributed by atoms with Gasteiger partial charge in [0.15, 0.2) is 43.5 Å². The number of carboxylic acids is 3. The summed E-state index contributed by atoms with van der Waals surface area (Å²) in [6, 6.07) is -2.58. The maximum atomic E-state index is 11.8. The number of ether oxygens (including phenoxy) is 12. The van der Waals surface area contributed by atoms with Crippen molar-refractivity contribution in [1.82, 2.24) is 26.6 Å². The number of hydrogen-bond donors (Lipinski definition) is 16. The Balaban J connectivity index is -0.00000124. The zero-order valence-corrected chi connectivity index (χ0v) is 53.8. The summed E-state index contributed by atoms with van der Waals surface area (Å²) in [5.74, 6) is -5.55. The minimum atomic E-state index is -1.86. The number of methoxy groups -OCH3 is 3. The Hall–Kier alpha value is -4.17. The second-order valence-electron chi connectivity index (χ2n) is 20.0. The van der Waals surface area contributed by atoms with Gasteiger partial charge in [0.25, 0.3) is 0 Å². The third-order valence-corrected chi connectivity index (χ3v) is 13.8. The summed E-state index contributed by atoms with van der Waals surface area (Å²) in [5, 5.41) is 128. The van der Waals surface area contributed by atoms with Gasteiger partial charge in [0, 0.05) is 63.6 Å². The number of carboxylic acid groups (broad SMARTS) is 3. The molecular weight excluding hydrogens is 1240 g/mol. The minimum Gasteiger partial charge on any atom is -0.512 e. The van der Waals surface area contributed by atoms with Gasteiger partial charge in [0.05, 0.1) is 56.3 Å². The zero-order valence-electron chi connectivity index (χ0n) is 51.8. The topological polar surface area (TPSA) is 554 Å². The van der Waals surface area contributed by atoms with Crippen molar-refractivity contribution in [3.05, 3.63) is 6.57 Å². The summed E-state index contributed by atoms with van der Waals surface area (Å²) in [4.78, 5) is 91.5. The van der Waals surface area contributed by atoms with Crippen LogP contribution in [-0.4, -0.2) is 340 Å². The van der Waals surface area contributed by atoms with Crippen LogP contribution < -0.4 is 56.1 Å². The normalized spacial score (nSPS) is 32.8. The van der Waals surface area contributed by atoms with Crippen LogP contribution in [0.2, 0.25) is 0 Å². The van der Waals surface area contributed by atoms with Crippen molar-refractivity contribution in [2.75, 3.05) is 68.3 Å². The summed E-state index contributed by atoms with van der Waals surface area (Å²) < 4.78 is 64.2. The fourth-order valence-electron chi connectivity index (χ4n) is 9.59. The van der Waals surface area contributed by atoms with E-state index in [9.17, 15) is 94.5 Å². The molecule has 3 radical (unpaired) electrons. The van der Waals surface area contributed by atoms with Crippen molar-refractivity contribution in [2.24, 2.45) is 0 Å². The third-order valence-electron chi connectivity index (χ3n) is 13.8. The van der Waals surface area contributed by atoms with Crippen LogP contribution in [0, 0.1) is 11.8 Å². The maximum Gasteiger partial charge on any atom is 1.00 e. The first kappa shape index (κ1) is 91.0. The molecule has 4 heterocycles. The number of aliphatic hydroxyl groups excluding tert-OH is 8. The van der Waals surface area contributed by atoms with Gasteiger partial charge in [-0.05, 0) is 34.9 Å². The molecular formula is C52H91BN6NaO31. The first-order chi connectivity index (χ1) is 41.5. The summed E-state index contributed by atoms with van der Waals surface area (Å²) in [6.07, 6.45) is -28.9.